The molecule has 30 heavy (non-hydrogen) atoms. The van der Waals surface area contributed by atoms with E-state index in [0.717, 1.165) is 48.5 Å². The van der Waals surface area contributed by atoms with E-state index in [2.05, 4.69) is 20.0 Å². The van der Waals surface area contributed by atoms with Crippen LogP contribution in [0.25, 0.3) is 11.4 Å². The number of rotatable bonds is 6. The van der Waals surface area contributed by atoms with Gasteiger partial charge in [-0.05, 0) is 80.5 Å². The highest BCUT2D eigenvalue weighted by atomic mass is 32.1. The molecule has 4 saturated carbocycles. The molecule has 4 aliphatic rings. The second-order valence-corrected chi connectivity index (χ2v) is 9.93. The fourth-order valence-corrected chi connectivity index (χ4v) is 6.64. The van der Waals surface area contributed by atoms with Crippen molar-refractivity contribution in [1.82, 2.24) is 14.7 Å². The van der Waals surface area contributed by atoms with Crippen LogP contribution in [0.15, 0.2) is 24.3 Å². The largest absolute Gasteiger partial charge is 0.355 e. The third kappa shape index (κ3) is 3.85. The Kier molecular flexibility index (Phi) is 5.05. The number of anilines is 1. The molecule has 0 unspecified atom stereocenters. The van der Waals surface area contributed by atoms with Gasteiger partial charge in [0, 0.05) is 35.5 Å². The molecule has 2 amide bonds. The van der Waals surface area contributed by atoms with Crippen LogP contribution in [-0.4, -0.2) is 27.7 Å². The monoisotopic (exact) mass is 428 g/mol. The van der Waals surface area contributed by atoms with E-state index in [4.69, 9.17) is 0 Å². The molecule has 6 nitrogen and oxygen atoms in total. The Labute approximate surface area is 178 Å². The van der Waals surface area contributed by atoms with E-state index in [1.165, 1.54) is 31.4 Å². The Bertz CT molecular complexity index is 923. The maximum Gasteiger partial charge on any atom is 0.227 e. The fraction of sp³-hybridized carbons (Fsp3) is 0.545. The molecule has 1 aromatic heterocycles. The zero-order valence-electron chi connectivity index (χ0n) is 16.7. The molecule has 0 radical (unpaired) electrons. The predicted molar refractivity (Wildman–Crippen MR) is 112 cm³/mol. The number of nitrogens with zero attached hydrogens (tertiary/aromatic N) is 2. The Morgan fingerprint density at radius 3 is 2.33 bits per heavy atom. The van der Waals surface area contributed by atoms with Crippen LogP contribution in [-0.2, 0) is 9.59 Å². The fourth-order valence-electron chi connectivity index (χ4n) is 6.04. The summed E-state index contributed by atoms with van der Waals surface area (Å²) in [5.41, 5.74) is 0.505. The third-order valence-electron chi connectivity index (χ3n) is 6.93. The number of amides is 2. The summed E-state index contributed by atoms with van der Waals surface area (Å²) in [7, 11) is 0. The van der Waals surface area contributed by atoms with Crippen LogP contribution >= 0.6 is 11.5 Å². The summed E-state index contributed by atoms with van der Waals surface area (Å²) in [6, 6.07) is 5.90. The zero-order valence-corrected chi connectivity index (χ0v) is 17.5. The zero-order chi connectivity index (χ0) is 20.7. The van der Waals surface area contributed by atoms with E-state index in [-0.39, 0.29) is 29.5 Å². The van der Waals surface area contributed by atoms with E-state index in [1.54, 1.807) is 12.1 Å². The first kappa shape index (κ1) is 19.6. The molecule has 0 saturated heterocycles. The SMILES string of the molecule is O=C(CCNC(=O)C12CC3CC(CC(C3)C1)C2)Nc1nc(-c2ccc(F)cc2)ns1. The average molecular weight is 429 g/mol. The summed E-state index contributed by atoms with van der Waals surface area (Å²) in [5.74, 6) is 2.23. The number of hydrogen-bond donors (Lipinski definition) is 2. The van der Waals surface area contributed by atoms with Crippen LogP contribution in [0.5, 0.6) is 0 Å². The summed E-state index contributed by atoms with van der Waals surface area (Å²) in [4.78, 5) is 29.5. The number of hydrogen-bond acceptors (Lipinski definition) is 5. The van der Waals surface area contributed by atoms with Gasteiger partial charge in [0.25, 0.3) is 0 Å². The lowest BCUT2D eigenvalue weighted by Gasteiger charge is -2.55. The summed E-state index contributed by atoms with van der Waals surface area (Å²) >= 11 is 1.08. The molecule has 4 fully saturated rings. The van der Waals surface area contributed by atoms with Gasteiger partial charge in [0.1, 0.15) is 5.82 Å². The molecule has 0 atom stereocenters. The Morgan fingerprint density at radius 1 is 1.07 bits per heavy atom. The molecule has 4 bridgehead atoms. The van der Waals surface area contributed by atoms with Crippen molar-refractivity contribution in [3.8, 4) is 11.4 Å². The Hall–Kier alpha value is -2.35. The topological polar surface area (TPSA) is 84.0 Å². The number of aromatic nitrogens is 2. The second-order valence-electron chi connectivity index (χ2n) is 9.18. The highest BCUT2D eigenvalue weighted by Gasteiger charge is 2.54. The van der Waals surface area contributed by atoms with Crippen molar-refractivity contribution in [3.05, 3.63) is 30.1 Å². The molecular weight excluding hydrogens is 403 g/mol. The van der Waals surface area contributed by atoms with E-state index in [1.807, 2.05) is 0 Å². The van der Waals surface area contributed by atoms with E-state index in [0.29, 0.717) is 23.1 Å². The molecule has 2 aromatic rings. The molecule has 0 spiro atoms. The predicted octanol–water partition coefficient (Wildman–Crippen LogP) is 4.01. The van der Waals surface area contributed by atoms with Gasteiger partial charge in [-0.2, -0.15) is 9.36 Å². The van der Waals surface area contributed by atoms with Crippen molar-refractivity contribution in [2.75, 3.05) is 11.9 Å². The highest BCUT2D eigenvalue weighted by molar-refractivity contribution is 7.10. The second kappa shape index (κ2) is 7.72. The Morgan fingerprint density at radius 2 is 1.70 bits per heavy atom. The molecule has 158 valence electrons. The maximum atomic E-state index is 13.0. The van der Waals surface area contributed by atoms with Crippen LogP contribution in [0.3, 0.4) is 0 Å². The van der Waals surface area contributed by atoms with Gasteiger partial charge in [0.2, 0.25) is 16.9 Å². The molecular formula is C22H25FN4O2S. The molecule has 1 aromatic carbocycles. The molecule has 0 aliphatic heterocycles. The number of carbonyl (C=O) groups excluding carboxylic acids is 2. The lowest BCUT2D eigenvalue weighted by Crippen LogP contribution is -2.53. The standard InChI is InChI=1S/C22H25FN4O2S/c23-17-3-1-16(2-4-17)19-26-21(30-27-19)25-18(28)5-6-24-20(29)22-10-13-7-14(11-22)9-15(8-13)12-22/h1-4,13-15H,5-12H2,(H,24,29)(H,25,26,27,28). The first-order valence-electron chi connectivity index (χ1n) is 10.7. The van der Waals surface area contributed by atoms with Gasteiger partial charge in [-0.25, -0.2) is 4.39 Å². The minimum Gasteiger partial charge on any atom is -0.355 e. The van der Waals surface area contributed by atoms with Crippen LogP contribution in [0.4, 0.5) is 9.52 Å². The molecule has 6 rings (SSSR count). The lowest BCUT2D eigenvalue weighted by atomic mass is 9.49. The average Bonchev–Trinajstić information content (AvgIpc) is 3.15. The van der Waals surface area contributed by atoms with E-state index < -0.39 is 0 Å². The van der Waals surface area contributed by atoms with Crippen LogP contribution in [0.1, 0.15) is 44.9 Å². The Balaban J connectivity index is 1.11. The van der Waals surface area contributed by atoms with Crippen LogP contribution in [0.2, 0.25) is 0 Å². The first-order chi connectivity index (χ1) is 14.5. The van der Waals surface area contributed by atoms with E-state index in [9.17, 15) is 14.0 Å². The molecule has 4 aliphatic carbocycles. The molecule has 2 N–H and O–H groups in total. The van der Waals surface area contributed by atoms with Gasteiger partial charge >= 0.3 is 0 Å². The third-order valence-corrected chi connectivity index (χ3v) is 7.56. The number of carbonyl (C=O) groups is 2. The number of halogens is 1. The smallest absolute Gasteiger partial charge is 0.227 e. The highest BCUT2D eigenvalue weighted by Crippen LogP contribution is 2.60. The van der Waals surface area contributed by atoms with Gasteiger partial charge in [-0.1, -0.05) is 0 Å². The van der Waals surface area contributed by atoms with Gasteiger partial charge in [-0.15, -0.1) is 0 Å². The van der Waals surface area contributed by atoms with Crippen molar-refractivity contribution >= 4 is 28.5 Å². The quantitative estimate of drug-likeness (QED) is 0.728. The summed E-state index contributed by atoms with van der Waals surface area (Å²) < 4.78 is 17.2. The van der Waals surface area contributed by atoms with Crippen molar-refractivity contribution in [3.63, 3.8) is 0 Å². The minimum atomic E-state index is -0.321. The van der Waals surface area contributed by atoms with Gasteiger partial charge in [0.15, 0.2) is 5.82 Å². The van der Waals surface area contributed by atoms with Crippen molar-refractivity contribution < 1.29 is 14.0 Å². The van der Waals surface area contributed by atoms with Crippen molar-refractivity contribution in [2.24, 2.45) is 23.2 Å². The van der Waals surface area contributed by atoms with E-state index >= 15 is 0 Å². The van der Waals surface area contributed by atoms with Gasteiger partial charge in [0.05, 0.1) is 0 Å². The molecule has 8 heteroatoms. The van der Waals surface area contributed by atoms with Crippen molar-refractivity contribution in [2.45, 2.75) is 44.9 Å². The van der Waals surface area contributed by atoms with Gasteiger partial charge < -0.3 is 10.6 Å². The van der Waals surface area contributed by atoms with Crippen molar-refractivity contribution in [1.29, 1.82) is 0 Å². The summed E-state index contributed by atoms with van der Waals surface area (Å²) in [5, 5.41) is 6.15. The summed E-state index contributed by atoms with van der Waals surface area (Å²) in [6.45, 7) is 0.329. The first-order valence-corrected chi connectivity index (χ1v) is 11.4. The number of nitrogens with one attached hydrogen (secondary N) is 2. The summed E-state index contributed by atoms with van der Waals surface area (Å²) in [6.07, 6.45) is 7.17. The normalized spacial score (nSPS) is 29.0. The maximum absolute atomic E-state index is 13.0. The number of benzene rings is 1. The molecule has 1 heterocycles. The van der Waals surface area contributed by atoms with Crippen LogP contribution in [0, 0.1) is 29.0 Å². The van der Waals surface area contributed by atoms with Gasteiger partial charge in [-0.3, -0.25) is 9.59 Å². The van der Waals surface area contributed by atoms with Crippen LogP contribution < -0.4 is 10.6 Å². The lowest BCUT2D eigenvalue weighted by molar-refractivity contribution is -0.146. The minimum absolute atomic E-state index is 0.143.